The quantitative estimate of drug-likeness (QED) is 0.710. The molecule has 0 bridgehead atoms. The van der Waals surface area contributed by atoms with Crippen LogP contribution in [0.3, 0.4) is 0 Å². The second-order valence-electron chi connectivity index (χ2n) is 6.15. The highest BCUT2D eigenvalue weighted by Crippen LogP contribution is 2.34. The SMILES string of the molecule is COc1ccc(-n2cnc3c2NC(c2ccccc2)N=C3C(N)=O)cc1OC. The summed E-state index contributed by atoms with van der Waals surface area (Å²) in [4.78, 5) is 20.8. The molecule has 1 aliphatic heterocycles. The lowest BCUT2D eigenvalue weighted by Crippen LogP contribution is -2.31. The standard InChI is InChI=1S/C20H19N5O3/c1-27-14-9-8-13(10-15(14)28-2)25-11-22-17-16(18(21)26)23-19(24-20(17)25)12-6-4-3-5-7-12/h3-11,19,24H,1-2H3,(H2,21,26). The van der Waals surface area contributed by atoms with Gasteiger partial charge in [-0.3, -0.25) is 9.36 Å². The molecule has 4 rings (SSSR count). The Kier molecular flexibility index (Phi) is 4.44. The maximum Gasteiger partial charge on any atom is 0.269 e. The molecule has 1 atom stereocenters. The fourth-order valence-corrected chi connectivity index (χ4v) is 3.16. The van der Waals surface area contributed by atoms with Crippen LogP contribution >= 0.6 is 0 Å². The van der Waals surface area contributed by atoms with E-state index in [0.717, 1.165) is 11.3 Å². The van der Waals surface area contributed by atoms with Crippen molar-refractivity contribution < 1.29 is 14.3 Å². The van der Waals surface area contributed by atoms with Gasteiger partial charge in [0, 0.05) is 6.07 Å². The van der Waals surface area contributed by atoms with Gasteiger partial charge in [-0.15, -0.1) is 0 Å². The van der Waals surface area contributed by atoms with Crippen molar-refractivity contribution in [2.75, 3.05) is 19.5 Å². The lowest BCUT2D eigenvalue weighted by atomic mass is 10.1. The molecule has 1 aromatic heterocycles. The number of nitrogens with zero attached hydrogens (tertiary/aromatic N) is 3. The number of hydrogen-bond acceptors (Lipinski definition) is 6. The molecular formula is C20H19N5O3. The summed E-state index contributed by atoms with van der Waals surface area (Å²) in [7, 11) is 3.16. The van der Waals surface area contributed by atoms with Gasteiger partial charge >= 0.3 is 0 Å². The van der Waals surface area contributed by atoms with Gasteiger partial charge in [0.25, 0.3) is 5.91 Å². The second kappa shape index (κ2) is 7.07. The van der Waals surface area contributed by atoms with E-state index < -0.39 is 12.1 Å². The van der Waals surface area contributed by atoms with Gasteiger partial charge in [0.15, 0.2) is 17.2 Å². The monoisotopic (exact) mass is 377 g/mol. The minimum Gasteiger partial charge on any atom is -0.493 e. The predicted octanol–water partition coefficient (Wildman–Crippen LogP) is 2.29. The summed E-state index contributed by atoms with van der Waals surface area (Å²) in [5, 5.41) is 3.34. The van der Waals surface area contributed by atoms with Crippen LogP contribution in [0.2, 0.25) is 0 Å². The lowest BCUT2D eigenvalue weighted by molar-refractivity contribution is -0.112. The first-order valence-corrected chi connectivity index (χ1v) is 8.61. The van der Waals surface area contributed by atoms with E-state index in [1.54, 1.807) is 26.6 Å². The van der Waals surface area contributed by atoms with E-state index in [-0.39, 0.29) is 5.71 Å². The lowest BCUT2D eigenvalue weighted by Gasteiger charge is -2.23. The summed E-state index contributed by atoms with van der Waals surface area (Å²) < 4.78 is 12.5. The van der Waals surface area contributed by atoms with Crippen molar-refractivity contribution in [3.05, 3.63) is 66.1 Å². The third-order valence-electron chi connectivity index (χ3n) is 4.52. The zero-order valence-corrected chi connectivity index (χ0v) is 15.4. The number of hydrogen-bond donors (Lipinski definition) is 2. The van der Waals surface area contributed by atoms with Crippen molar-refractivity contribution >= 4 is 17.4 Å². The molecule has 0 saturated heterocycles. The van der Waals surface area contributed by atoms with Gasteiger partial charge in [-0.05, 0) is 17.7 Å². The van der Waals surface area contributed by atoms with Crippen molar-refractivity contribution in [1.82, 2.24) is 9.55 Å². The number of rotatable bonds is 5. The van der Waals surface area contributed by atoms with Crippen molar-refractivity contribution in [1.29, 1.82) is 0 Å². The number of anilines is 1. The van der Waals surface area contributed by atoms with Crippen LogP contribution in [0.25, 0.3) is 5.69 Å². The molecule has 1 unspecified atom stereocenters. The normalized spacial score (nSPS) is 15.2. The summed E-state index contributed by atoms with van der Waals surface area (Å²) in [5.41, 5.74) is 7.82. The molecular weight excluding hydrogens is 358 g/mol. The molecule has 0 radical (unpaired) electrons. The summed E-state index contributed by atoms with van der Waals surface area (Å²) in [6.07, 6.45) is 1.16. The Morgan fingerprint density at radius 3 is 2.54 bits per heavy atom. The van der Waals surface area contributed by atoms with Gasteiger partial charge in [0.05, 0.1) is 19.9 Å². The van der Waals surface area contributed by atoms with Crippen LogP contribution < -0.4 is 20.5 Å². The number of carbonyl (C=O) groups is 1. The number of nitrogens with one attached hydrogen (secondary N) is 1. The highest BCUT2D eigenvalue weighted by molar-refractivity contribution is 6.45. The number of methoxy groups -OCH3 is 2. The fourth-order valence-electron chi connectivity index (χ4n) is 3.16. The van der Waals surface area contributed by atoms with Gasteiger partial charge in [-0.25, -0.2) is 9.98 Å². The molecule has 0 saturated carbocycles. The number of amides is 1. The third kappa shape index (κ3) is 2.94. The predicted molar refractivity (Wildman–Crippen MR) is 105 cm³/mol. The van der Waals surface area contributed by atoms with Crippen LogP contribution in [0.5, 0.6) is 11.5 Å². The van der Waals surface area contributed by atoms with E-state index in [2.05, 4.69) is 15.3 Å². The zero-order chi connectivity index (χ0) is 19.7. The van der Waals surface area contributed by atoms with Crippen LogP contribution in [0, 0.1) is 0 Å². The first kappa shape index (κ1) is 17.6. The first-order valence-electron chi connectivity index (χ1n) is 8.61. The number of aliphatic imine (C=N–C) groups is 1. The van der Waals surface area contributed by atoms with Gasteiger partial charge in [0.2, 0.25) is 0 Å². The minimum absolute atomic E-state index is 0.141. The Morgan fingerprint density at radius 1 is 1.11 bits per heavy atom. The molecule has 1 aliphatic rings. The maximum absolute atomic E-state index is 12.0. The number of carbonyl (C=O) groups excluding carboxylic acids is 1. The van der Waals surface area contributed by atoms with Crippen LogP contribution in [-0.4, -0.2) is 35.4 Å². The zero-order valence-electron chi connectivity index (χ0n) is 15.4. The Labute approximate surface area is 161 Å². The summed E-state index contributed by atoms with van der Waals surface area (Å²) in [6, 6.07) is 15.1. The van der Waals surface area contributed by atoms with Crippen molar-refractivity contribution in [2.24, 2.45) is 10.7 Å². The van der Waals surface area contributed by atoms with E-state index in [9.17, 15) is 4.79 Å². The molecule has 8 nitrogen and oxygen atoms in total. The molecule has 28 heavy (non-hydrogen) atoms. The highest BCUT2D eigenvalue weighted by atomic mass is 16.5. The fraction of sp³-hybridized carbons (Fsp3) is 0.150. The Hall–Kier alpha value is -3.81. The van der Waals surface area contributed by atoms with Crippen LogP contribution in [0.4, 0.5) is 5.82 Å². The molecule has 3 aromatic rings. The molecule has 3 N–H and O–H groups in total. The Bertz CT molecular complexity index is 1060. The summed E-state index contributed by atoms with van der Waals surface area (Å²) >= 11 is 0. The van der Waals surface area contributed by atoms with Gasteiger partial charge in [0.1, 0.15) is 24.0 Å². The van der Waals surface area contributed by atoms with E-state index in [0.29, 0.717) is 23.0 Å². The highest BCUT2D eigenvalue weighted by Gasteiger charge is 2.29. The molecule has 1 amide bonds. The Morgan fingerprint density at radius 2 is 1.86 bits per heavy atom. The average molecular weight is 377 g/mol. The van der Waals surface area contributed by atoms with Crippen molar-refractivity contribution in [3.8, 4) is 17.2 Å². The maximum atomic E-state index is 12.0. The molecule has 2 aromatic carbocycles. The molecule has 0 aliphatic carbocycles. The minimum atomic E-state index is -0.624. The molecule has 2 heterocycles. The van der Waals surface area contributed by atoms with E-state index in [1.165, 1.54) is 0 Å². The number of nitrogens with two attached hydrogens (primary N) is 1. The number of ether oxygens (including phenoxy) is 2. The number of fused-ring (bicyclic) bond motifs is 1. The largest absolute Gasteiger partial charge is 0.493 e. The molecule has 142 valence electrons. The Balaban J connectivity index is 1.82. The van der Waals surface area contributed by atoms with Gasteiger partial charge < -0.3 is 20.5 Å². The van der Waals surface area contributed by atoms with Crippen LogP contribution in [0.1, 0.15) is 17.4 Å². The van der Waals surface area contributed by atoms with Crippen molar-refractivity contribution in [2.45, 2.75) is 6.17 Å². The molecule has 8 heteroatoms. The van der Waals surface area contributed by atoms with E-state index in [4.69, 9.17) is 15.2 Å². The third-order valence-corrected chi connectivity index (χ3v) is 4.52. The van der Waals surface area contributed by atoms with E-state index >= 15 is 0 Å². The number of primary amides is 1. The summed E-state index contributed by atoms with van der Waals surface area (Å²) in [5.74, 6) is 1.21. The van der Waals surface area contributed by atoms with E-state index in [1.807, 2.05) is 47.0 Å². The smallest absolute Gasteiger partial charge is 0.269 e. The topological polar surface area (TPSA) is 104 Å². The average Bonchev–Trinajstić information content (AvgIpc) is 3.17. The van der Waals surface area contributed by atoms with Crippen molar-refractivity contribution in [3.63, 3.8) is 0 Å². The summed E-state index contributed by atoms with van der Waals surface area (Å²) in [6.45, 7) is 0. The van der Waals surface area contributed by atoms with Crippen LogP contribution in [0.15, 0.2) is 59.9 Å². The van der Waals surface area contributed by atoms with Crippen LogP contribution in [-0.2, 0) is 4.79 Å². The number of aromatic nitrogens is 2. The molecule has 0 spiro atoms. The van der Waals surface area contributed by atoms with Gasteiger partial charge in [-0.2, -0.15) is 0 Å². The number of imidazole rings is 1. The number of benzene rings is 2. The first-order chi connectivity index (χ1) is 13.6. The van der Waals surface area contributed by atoms with Gasteiger partial charge in [-0.1, -0.05) is 30.3 Å². The molecule has 0 fully saturated rings. The second-order valence-corrected chi connectivity index (χ2v) is 6.15.